The maximum atomic E-state index is 10.4. The number of rotatable bonds is 5. The summed E-state index contributed by atoms with van der Waals surface area (Å²) in [4.78, 5) is 13.0. The van der Waals surface area contributed by atoms with Gasteiger partial charge in [-0.25, -0.2) is 4.79 Å². The maximum absolute atomic E-state index is 10.4. The molecule has 0 saturated carbocycles. The minimum absolute atomic E-state index is 0.260. The van der Waals surface area contributed by atoms with E-state index in [0.717, 1.165) is 5.57 Å². The Labute approximate surface area is 99.8 Å². The van der Waals surface area contributed by atoms with Crippen molar-refractivity contribution in [2.24, 2.45) is 0 Å². The normalized spacial score (nSPS) is 13.8. The van der Waals surface area contributed by atoms with Crippen LogP contribution in [0, 0.1) is 6.92 Å². The molecule has 3 nitrogen and oxygen atoms in total. The van der Waals surface area contributed by atoms with Crippen molar-refractivity contribution < 1.29 is 9.90 Å². The van der Waals surface area contributed by atoms with Gasteiger partial charge in [0.15, 0.2) is 0 Å². The molecule has 1 rings (SSSR count). The molecule has 4 heteroatoms. The second-order valence-electron chi connectivity index (χ2n) is 3.88. The number of aryl methyl sites for hydroxylation is 1. The molecule has 0 aliphatic carbocycles. The van der Waals surface area contributed by atoms with Gasteiger partial charge in [0.2, 0.25) is 0 Å². The van der Waals surface area contributed by atoms with Crippen molar-refractivity contribution in [3.05, 3.63) is 33.5 Å². The van der Waals surface area contributed by atoms with Crippen LogP contribution in [0.3, 0.4) is 0 Å². The highest BCUT2D eigenvalue weighted by Gasteiger charge is 2.06. The van der Waals surface area contributed by atoms with Crippen LogP contribution in [0.1, 0.15) is 29.6 Å². The standard InChI is InChI=1S/C12H17NO2S/c1-8(6-12(14)15)7-13-10(3)11-5-4-9(2)16-11/h4-6,10,13H,7H2,1-3H3,(H,14,15)/b8-6+. The van der Waals surface area contributed by atoms with E-state index in [9.17, 15) is 4.79 Å². The monoisotopic (exact) mass is 239 g/mol. The lowest BCUT2D eigenvalue weighted by Gasteiger charge is -2.11. The van der Waals surface area contributed by atoms with Crippen LogP contribution in [0.4, 0.5) is 0 Å². The van der Waals surface area contributed by atoms with Gasteiger partial charge in [0, 0.05) is 28.4 Å². The molecule has 0 fully saturated rings. The number of hydrogen-bond acceptors (Lipinski definition) is 3. The van der Waals surface area contributed by atoms with E-state index in [2.05, 4.69) is 31.3 Å². The second-order valence-corrected chi connectivity index (χ2v) is 5.20. The number of nitrogens with one attached hydrogen (secondary N) is 1. The number of carbonyl (C=O) groups is 1. The highest BCUT2D eigenvalue weighted by molar-refractivity contribution is 7.12. The first-order chi connectivity index (χ1) is 7.49. The largest absolute Gasteiger partial charge is 0.478 e. The van der Waals surface area contributed by atoms with Crippen LogP contribution in [0.25, 0.3) is 0 Å². The van der Waals surface area contributed by atoms with E-state index in [1.807, 2.05) is 6.92 Å². The van der Waals surface area contributed by atoms with Gasteiger partial charge in [0.25, 0.3) is 0 Å². The summed E-state index contributed by atoms with van der Waals surface area (Å²) >= 11 is 1.76. The van der Waals surface area contributed by atoms with Crippen LogP contribution in [0.15, 0.2) is 23.8 Å². The number of carboxylic acids is 1. The Kier molecular flexibility index (Phi) is 4.71. The van der Waals surface area contributed by atoms with Crippen LogP contribution in [-0.4, -0.2) is 17.6 Å². The highest BCUT2D eigenvalue weighted by atomic mass is 32.1. The van der Waals surface area contributed by atoms with E-state index in [1.165, 1.54) is 15.8 Å². The lowest BCUT2D eigenvalue weighted by molar-refractivity contribution is -0.131. The third-order valence-corrected chi connectivity index (χ3v) is 3.43. The third-order valence-electron chi connectivity index (χ3n) is 2.24. The Morgan fingerprint density at radius 3 is 2.81 bits per heavy atom. The Hall–Kier alpha value is -1.13. The van der Waals surface area contributed by atoms with Crippen molar-refractivity contribution in [3.63, 3.8) is 0 Å². The number of aliphatic carboxylic acids is 1. The van der Waals surface area contributed by atoms with Crippen LogP contribution < -0.4 is 5.32 Å². The number of thiophene rings is 1. The second kappa shape index (κ2) is 5.82. The van der Waals surface area contributed by atoms with E-state index >= 15 is 0 Å². The van der Waals surface area contributed by atoms with Gasteiger partial charge in [0.1, 0.15) is 0 Å². The molecule has 1 unspecified atom stereocenters. The van der Waals surface area contributed by atoms with Gasteiger partial charge in [-0.3, -0.25) is 0 Å². The molecular formula is C12H17NO2S. The Morgan fingerprint density at radius 2 is 2.31 bits per heavy atom. The molecule has 0 bridgehead atoms. The SMILES string of the molecule is C/C(=C\C(=O)O)CNC(C)c1ccc(C)s1. The zero-order chi connectivity index (χ0) is 12.1. The summed E-state index contributed by atoms with van der Waals surface area (Å²) in [5.74, 6) is -0.890. The van der Waals surface area contributed by atoms with E-state index in [-0.39, 0.29) is 6.04 Å². The first kappa shape index (κ1) is 12.9. The number of hydrogen-bond donors (Lipinski definition) is 2. The molecule has 1 atom stereocenters. The molecule has 0 aliphatic rings. The zero-order valence-electron chi connectivity index (χ0n) is 9.78. The fraction of sp³-hybridized carbons (Fsp3) is 0.417. The van der Waals surface area contributed by atoms with Crippen molar-refractivity contribution in [2.45, 2.75) is 26.8 Å². The van der Waals surface area contributed by atoms with Crippen LogP contribution in [0.2, 0.25) is 0 Å². The smallest absolute Gasteiger partial charge is 0.328 e. The first-order valence-corrected chi connectivity index (χ1v) is 6.00. The average molecular weight is 239 g/mol. The lowest BCUT2D eigenvalue weighted by atomic mass is 10.2. The van der Waals surface area contributed by atoms with Crippen molar-refractivity contribution in [2.75, 3.05) is 6.54 Å². The molecular weight excluding hydrogens is 222 g/mol. The van der Waals surface area contributed by atoms with Gasteiger partial charge < -0.3 is 10.4 Å². The molecule has 16 heavy (non-hydrogen) atoms. The third kappa shape index (κ3) is 4.16. The minimum Gasteiger partial charge on any atom is -0.478 e. The molecule has 1 aromatic heterocycles. The van der Waals surface area contributed by atoms with Gasteiger partial charge >= 0.3 is 5.97 Å². The molecule has 0 saturated heterocycles. The lowest BCUT2D eigenvalue weighted by Crippen LogP contribution is -2.20. The predicted molar refractivity (Wildman–Crippen MR) is 66.9 cm³/mol. The summed E-state index contributed by atoms with van der Waals surface area (Å²) < 4.78 is 0. The van der Waals surface area contributed by atoms with Gasteiger partial charge in [-0.2, -0.15) is 0 Å². The van der Waals surface area contributed by atoms with Gasteiger partial charge in [-0.1, -0.05) is 5.57 Å². The van der Waals surface area contributed by atoms with Crippen LogP contribution in [0.5, 0.6) is 0 Å². The molecule has 0 radical (unpaired) electrons. The van der Waals surface area contributed by atoms with Crippen molar-refractivity contribution in [1.29, 1.82) is 0 Å². The molecule has 2 N–H and O–H groups in total. The summed E-state index contributed by atoms with van der Waals surface area (Å²) in [7, 11) is 0. The summed E-state index contributed by atoms with van der Waals surface area (Å²) in [5, 5.41) is 11.9. The van der Waals surface area contributed by atoms with E-state index < -0.39 is 5.97 Å². The van der Waals surface area contributed by atoms with Crippen molar-refractivity contribution in [3.8, 4) is 0 Å². The van der Waals surface area contributed by atoms with Crippen LogP contribution >= 0.6 is 11.3 Å². The molecule has 88 valence electrons. The van der Waals surface area contributed by atoms with Gasteiger partial charge in [0.05, 0.1) is 0 Å². The Bertz CT molecular complexity index is 395. The molecule has 1 aromatic rings. The van der Waals surface area contributed by atoms with Crippen molar-refractivity contribution in [1.82, 2.24) is 5.32 Å². The number of carboxylic acid groups (broad SMARTS) is 1. The minimum atomic E-state index is -0.890. The highest BCUT2D eigenvalue weighted by Crippen LogP contribution is 2.22. The summed E-state index contributed by atoms with van der Waals surface area (Å²) in [6.45, 7) is 6.58. The zero-order valence-corrected chi connectivity index (χ0v) is 10.6. The van der Waals surface area contributed by atoms with E-state index in [4.69, 9.17) is 5.11 Å². The van der Waals surface area contributed by atoms with E-state index in [1.54, 1.807) is 11.3 Å². The molecule has 1 heterocycles. The van der Waals surface area contributed by atoms with Crippen molar-refractivity contribution >= 4 is 17.3 Å². The quantitative estimate of drug-likeness (QED) is 0.777. The Balaban J connectivity index is 2.47. The molecule has 0 aliphatic heterocycles. The molecule has 0 amide bonds. The topological polar surface area (TPSA) is 49.3 Å². The molecule has 0 aromatic carbocycles. The Morgan fingerprint density at radius 1 is 1.62 bits per heavy atom. The fourth-order valence-electron chi connectivity index (χ4n) is 1.36. The summed E-state index contributed by atoms with van der Waals surface area (Å²) in [5.41, 5.74) is 0.827. The van der Waals surface area contributed by atoms with Gasteiger partial charge in [-0.05, 0) is 32.9 Å². The maximum Gasteiger partial charge on any atom is 0.328 e. The summed E-state index contributed by atoms with van der Waals surface area (Å²) in [6, 6.07) is 4.46. The first-order valence-electron chi connectivity index (χ1n) is 5.19. The average Bonchev–Trinajstić information content (AvgIpc) is 2.60. The predicted octanol–water partition coefficient (Wildman–Crippen LogP) is 2.74. The summed E-state index contributed by atoms with van der Waals surface area (Å²) in [6.07, 6.45) is 1.24. The van der Waals surface area contributed by atoms with Crippen LogP contribution in [-0.2, 0) is 4.79 Å². The molecule has 0 spiro atoms. The fourth-order valence-corrected chi connectivity index (χ4v) is 2.27. The van der Waals surface area contributed by atoms with Gasteiger partial charge in [-0.15, -0.1) is 11.3 Å². The van der Waals surface area contributed by atoms with E-state index in [0.29, 0.717) is 6.54 Å².